The fourth-order valence-electron chi connectivity index (χ4n) is 3.35. The first-order valence-electron chi connectivity index (χ1n) is 9.29. The SMILES string of the molecule is O=C(Cc1csc(-c2ccco2)n1)NC(CN1CCCC1=O)c1ccccc1. The Morgan fingerprint density at radius 1 is 1.25 bits per heavy atom. The number of carbonyl (C=O) groups excluding carboxylic acids is 2. The smallest absolute Gasteiger partial charge is 0.226 e. The molecule has 4 rings (SSSR count). The summed E-state index contributed by atoms with van der Waals surface area (Å²) in [6.07, 6.45) is 3.26. The lowest BCUT2D eigenvalue weighted by molar-refractivity contribution is -0.129. The van der Waals surface area contributed by atoms with Gasteiger partial charge in [-0.2, -0.15) is 0 Å². The van der Waals surface area contributed by atoms with Crippen molar-refractivity contribution in [3.63, 3.8) is 0 Å². The zero-order chi connectivity index (χ0) is 19.3. The van der Waals surface area contributed by atoms with E-state index in [1.165, 1.54) is 11.3 Å². The van der Waals surface area contributed by atoms with Crippen molar-refractivity contribution in [1.82, 2.24) is 15.2 Å². The van der Waals surface area contributed by atoms with Crippen LogP contribution in [0.2, 0.25) is 0 Å². The van der Waals surface area contributed by atoms with Crippen molar-refractivity contribution in [3.8, 4) is 10.8 Å². The molecule has 3 aromatic rings. The van der Waals surface area contributed by atoms with Gasteiger partial charge in [-0.1, -0.05) is 30.3 Å². The number of carbonyl (C=O) groups is 2. The van der Waals surface area contributed by atoms with Crippen LogP contribution in [-0.4, -0.2) is 34.8 Å². The molecule has 0 saturated carbocycles. The van der Waals surface area contributed by atoms with Crippen molar-refractivity contribution in [1.29, 1.82) is 0 Å². The quantitative estimate of drug-likeness (QED) is 0.665. The van der Waals surface area contributed by atoms with E-state index in [2.05, 4.69) is 10.3 Å². The number of nitrogens with one attached hydrogen (secondary N) is 1. The van der Waals surface area contributed by atoms with Crippen molar-refractivity contribution in [2.45, 2.75) is 25.3 Å². The molecular weight excluding hydrogens is 374 g/mol. The van der Waals surface area contributed by atoms with E-state index in [1.54, 1.807) is 6.26 Å². The summed E-state index contributed by atoms with van der Waals surface area (Å²) in [6.45, 7) is 1.24. The molecule has 1 atom stereocenters. The molecular formula is C21H21N3O3S. The third kappa shape index (κ3) is 4.31. The second-order valence-electron chi connectivity index (χ2n) is 6.77. The number of hydrogen-bond acceptors (Lipinski definition) is 5. The van der Waals surface area contributed by atoms with Crippen LogP contribution in [0.5, 0.6) is 0 Å². The average molecular weight is 395 g/mol. The van der Waals surface area contributed by atoms with E-state index in [9.17, 15) is 9.59 Å². The molecule has 2 amide bonds. The summed E-state index contributed by atoms with van der Waals surface area (Å²) in [4.78, 5) is 31.0. The minimum atomic E-state index is -0.237. The summed E-state index contributed by atoms with van der Waals surface area (Å²) >= 11 is 1.45. The molecule has 1 aliphatic heterocycles. The number of likely N-dealkylation sites (tertiary alicyclic amines) is 1. The number of amides is 2. The van der Waals surface area contributed by atoms with Crippen LogP contribution in [0.3, 0.4) is 0 Å². The first kappa shape index (κ1) is 18.4. The minimum Gasteiger partial charge on any atom is -0.462 e. The lowest BCUT2D eigenvalue weighted by Crippen LogP contribution is -2.39. The number of hydrogen-bond donors (Lipinski definition) is 1. The van der Waals surface area contributed by atoms with Crippen LogP contribution in [0.25, 0.3) is 10.8 Å². The van der Waals surface area contributed by atoms with Crippen molar-refractivity contribution in [3.05, 3.63) is 65.4 Å². The maximum Gasteiger partial charge on any atom is 0.226 e. The fraction of sp³-hybridized carbons (Fsp3) is 0.286. The van der Waals surface area contributed by atoms with Gasteiger partial charge < -0.3 is 14.6 Å². The monoisotopic (exact) mass is 395 g/mol. The Balaban J connectivity index is 1.44. The summed E-state index contributed by atoms with van der Waals surface area (Å²) < 4.78 is 5.35. The number of nitrogens with zero attached hydrogens (tertiary/aromatic N) is 2. The van der Waals surface area contributed by atoms with Crippen LogP contribution < -0.4 is 5.32 Å². The molecule has 144 valence electrons. The van der Waals surface area contributed by atoms with Crippen molar-refractivity contribution in [2.24, 2.45) is 0 Å². The van der Waals surface area contributed by atoms with Gasteiger partial charge in [0.2, 0.25) is 11.8 Å². The third-order valence-electron chi connectivity index (χ3n) is 4.74. The first-order chi connectivity index (χ1) is 13.7. The zero-order valence-corrected chi connectivity index (χ0v) is 16.2. The van der Waals surface area contributed by atoms with Crippen molar-refractivity contribution in [2.75, 3.05) is 13.1 Å². The van der Waals surface area contributed by atoms with E-state index in [0.29, 0.717) is 24.4 Å². The van der Waals surface area contributed by atoms with Crippen LogP contribution in [-0.2, 0) is 16.0 Å². The van der Waals surface area contributed by atoms with E-state index in [1.807, 2.05) is 52.7 Å². The molecule has 1 N–H and O–H groups in total. The Morgan fingerprint density at radius 3 is 2.82 bits per heavy atom. The van der Waals surface area contributed by atoms with Gasteiger partial charge in [0.15, 0.2) is 10.8 Å². The largest absolute Gasteiger partial charge is 0.462 e. The van der Waals surface area contributed by atoms with Gasteiger partial charge >= 0.3 is 0 Å². The molecule has 2 aromatic heterocycles. The Bertz CT molecular complexity index is 937. The molecule has 1 aliphatic rings. The molecule has 1 aromatic carbocycles. The summed E-state index contributed by atoms with van der Waals surface area (Å²) in [5.74, 6) is 0.737. The average Bonchev–Trinajstić information content (AvgIpc) is 3.45. The Kier molecular flexibility index (Phi) is 5.53. The van der Waals surface area contributed by atoms with Gasteiger partial charge in [-0.05, 0) is 24.1 Å². The van der Waals surface area contributed by atoms with E-state index in [-0.39, 0.29) is 24.3 Å². The van der Waals surface area contributed by atoms with Crippen LogP contribution in [0.15, 0.2) is 58.5 Å². The Labute approximate surface area is 167 Å². The molecule has 6 nitrogen and oxygen atoms in total. The molecule has 7 heteroatoms. The van der Waals surface area contributed by atoms with Gasteiger partial charge in [-0.15, -0.1) is 11.3 Å². The van der Waals surface area contributed by atoms with Gasteiger partial charge in [0.05, 0.1) is 24.4 Å². The van der Waals surface area contributed by atoms with Gasteiger partial charge in [-0.3, -0.25) is 9.59 Å². The highest BCUT2D eigenvalue weighted by atomic mass is 32.1. The fourth-order valence-corrected chi connectivity index (χ4v) is 4.13. The molecule has 0 bridgehead atoms. The molecule has 28 heavy (non-hydrogen) atoms. The summed E-state index contributed by atoms with van der Waals surface area (Å²) in [5.41, 5.74) is 1.70. The van der Waals surface area contributed by atoms with Crippen LogP contribution in [0.1, 0.15) is 30.1 Å². The molecule has 0 aliphatic carbocycles. The predicted octanol–water partition coefficient (Wildman–Crippen LogP) is 3.43. The van der Waals surface area contributed by atoms with Gasteiger partial charge in [0.25, 0.3) is 0 Å². The van der Waals surface area contributed by atoms with Crippen molar-refractivity contribution < 1.29 is 14.0 Å². The van der Waals surface area contributed by atoms with E-state index in [0.717, 1.165) is 23.5 Å². The lowest BCUT2D eigenvalue weighted by atomic mass is 10.1. The normalized spacial score (nSPS) is 15.0. The highest BCUT2D eigenvalue weighted by Crippen LogP contribution is 2.24. The van der Waals surface area contributed by atoms with Crippen LogP contribution in [0, 0.1) is 0 Å². The molecule has 0 radical (unpaired) electrons. The van der Waals surface area contributed by atoms with E-state index in [4.69, 9.17) is 4.42 Å². The molecule has 0 spiro atoms. The predicted molar refractivity (Wildman–Crippen MR) is 107 cm³/mol. The lowest BCUT2D eigenvalue weighted by Gasteiger charge is -2.25. The first-order valence-corrected chi connectivity index (χ1v) is 10.2. The highest BCUT2D eigenvalue weighted by molar-refractivity contribution is 7.13. The number of benzene rings is 1. The summed E-state index contributed by atoms with van der Waals surface area (Å²) in [7, 11) is 0. The maximum absolute atomic E-state index is 12.7. The highest BCUT2D eigenvalue weighted by Gasteiger charge is 2.25. The number of rotatable bonds is 7. The zero-order valence-electron chi connectivity index (χ0n) is 15.3. The molecule has 1 unspecified atom stereocenters. The van der Waals surface area contributed by atoms with Gasteiger partial charge in [0.1, 0.15) is 0 Å². The van der Waals surface area contributed by atoms with Crippen LogP contribution in [0.4, 0.5) is 0 Å². The topological polar surface area (TPSA) is 75.4 Å². The van der Waals surface area contributed by atoms with Crippen molar-refractivity contribution >= 4 is 23.2 Å². The molecule has 1 fully saturated rings. The Morgan fingerprint density at radius 2 is 2.11 bits per heavy atom. The second-order valence-corrected chi connectivity index (χ2v) is 7.63. The summed E-state index contributed by atoms with van der Waals surface area (Å²) in [6, 6.07) is 13.2. The minimum absolute atomic E-state index is 0.114. The third-order valence-corrected chi connectivity index (χ3v) is 5.64. The molecule has 3 heterocycles. The number of thiazole rings is 1. The maximum atomic E-state index is 12.7. The second kappa shape index (κ2) is 8.39. The summed E-state index contributed by atoms with van der Waals surface area (Å²) in [5, 5.41) is 5.71. The Hall–Kier alpha value is -2.93. The van der Waals surface area contributed by atoms with E-state index >= 15 is 0 Å². The standard InChI is InChI=1S/C21H21N3O3S/c25-19(12-16-14-28-21(22-16)18-8-5-11-27-18)23-17(15-6-2-1-3-7-15)13-24-10-4-9-20(24)26/h1-3,5-8,11,14,17H,4,9-10,12-13H2,(H,23,25). The number of aromatic nitrogens is 1. The van der Waals surface area contributed by atoms with E-state index < -0.39 is 0 Å². The number of furan rings is 1. The van der Waals surface area contributed by atoms with Gasteiger partial charge in [-0.25, -0.2) is 4.98 Å². The van der Waals surface area contributed by atoms with Gasteiger partial charge in [0, 0.05) is 24.9 Å². The molecule has 1 saturated heterocycles. The van der Waals surface area contributed by atoms with Crippen LogP contribution >= 0.6 is 11.3 Å².